The molecule has 0 radical (unpaired) electrons. The lowest BCUT2D eigenvalue weighted by molar-refractivity contribution is -0.116. The zero-order chi connectivity index (χ0) is 27.9. The second-order valence-electron chi connectivity index (χ2n) is 9.62. The second-order valence-corrected chi connectivity index (χ2v) is 9.62. The van der Waals surface area contributed by atoms with Crippen molar-refractivity contribution in [1.82, 2.24) is 19.8 Å². The normalized spacial score (nSPS) is 11.2. The highest BCUT2D eigenvalue weighted by molar-refractivity contribution is 5.98. The predicted molar refractivity (Wildman–Crippen MR) is 159 cm³/mol. The molecule has 3 aromatic carbocycles. The Kier molecular flexibility index (Phi) is 8.01. The number of aromatic nitrogens is 3. The maximum atomic E-state index is 12.7. The average Bonchev–Trinajstić information content (AvgIpc) is 3.64. The van der Waals surface area contributed by atoms with Crippen LogP contribution in [-0.4, -0.2) is 46.5 Å². The summed E-state index contributed by atoms with van der Waals surface area (Å²) in [5.41, 5.74) is 7.76. The summed E-state index contributed by atoms with van der Waals surface area (Å²) in [6, 6.07) is 24.9. The number of fused-ring (bicyclic) bond motifs is 1. The fraction of sp³-hybridized carbons (Fsp3) is 0.161. The van der Waals surface area contributed by atoms with E-state index in [0.717, 1.165) is 33.5 Å². The maximum Gasteiger partial charge on any atom is 0.271 e. The number of hydrazone groups is 1. The Hall–Kier alpha value is -5.18. The Morgan fingerprint density at radius 3 is 2.60 bits per heavy atom. The number of rotatable bonds is 10. The molecule has 0 bridgehead atoms. The summed E-state index contributed by atoms with van der Waals surface area (Å²) in [6.45, 7) is 0.698. The van der Waals surface area contributed by atoms with Gasteiger partial charge in [0, 0.05) is 73.5 Å². The molecule has 0 saturated carbocycles. The Balaban J connectivity index is 1.13. The van der Waals surface area contributed by atoms with Crippen molar-refractivity contribution in [2.45, 2.75) is 19.4 Å². The number of nitrogens with zero attached hydrogens (tertiary/aromatic N) is 5. The molecule has 0 aliphatic rings. The zero-order valence-corrected chi connectivity index (χ0v) is 22.5. The summed E-state index contributed by atoms with van der Waals surface area (Å²) in [6.07, 6.45) is 8.29. The van der Waals surface area contributed by atoms with E-state index in [1.54, 1.807) is 23.2 Å². The van der Waals surface area contributed by atoms with E-state index in [0.29, 0.717) is 24.9 Å². The molecule has 5 aromatic rings. The number of benzene rings is 3. The highest BCUT2D eigenvalue weighted by Gasteiger charge is 2.09. The van der Waals surface area contributed by atoms with Gasteiger partial charge in [-0.1, -0.05) is 12.1 Å². The molecule has 0 aliphatic carbocycles. The van der Waals surface area contributed by atoms with Gasteiger partial charge in [-0.25, -0.2) is 10.1 Å². The van der Waals surface area contributed by atoms with Crippen molar-refractivity contribution >= 4 is 40.3 Å². The second kappa shape index (κ2) is 12.1. The van der Waals surface area contributed by atoms with Gasteiger partial charge in [0.1, 0.15) is 0 Å². The summed E-state index contributed by atoms with van der Waals surface area (Å²) >= 11 is 0. The molecule has 5 rings (SSSR count). The van der Waals surface area contributed by atoms with Gasteiger partial charge in [-0.05, 0) is 78.7 Å². The van der Waals surface area contributed by atoms with Crippen molar-refractivity contribution < 1.29 is 9.59 Å². The van der Waals surface area contributed by atoms with Crippen LogP contribution in [0.4, 0.5) is 11.4 Å². The summed E-state index contributed by atoms with van der Waals surface area (Å²) in [5.74, 6) is -0.300. The molecule has 0 saturated heterocycles. The van der Waals surface area contributed by atoms with E-state index in [1.807, 2.05) is 104 Å². The minimum atomic E-state index is -0.288. The van der Waals surface area contributed by atoms with E-state index >= 15 is 0 Å². The van der Waals surface area contributed by atoms with E-state index in [2.05, 4.69) is 25.5 Å². The van der Waals surface area contributed by atoms with Crippen LogP contribution in [0, 0.1) is 0 Å². The van der Waals surface area contributed by atoms with E-state index < -0.39 is 0 Å². The van der Waals surface area contributed by atoms with Crippen molar-refractivity contribution in [3.8, 4) is 5.69 Å². The first-order chi connectivity index (χ1) is 19.5. The molecule has 0 aliphatic heterocycles. The van der Waals surface area contributed by atoms with Crippen LogP contribution in [0.25, 0.3) is 16.6 Å². The lowest BCUT2D eigenvalue weighted by Crippen LogP contribution is -2.17. The zero-order valence-electron chi connectivity index (χ0n) is 22.5. The Morgan fingerprint density at radius 2 is 1.82 bits per heavy atom. The van der Waals surface area contributed by atoms with Crippen LogP contribution in [-0.2, 0) is 11.3 Å². The lowest BCUT2D eigenvalue weighted by atomic mass is 10.1. The molecule has 0 spiro atoms. The van der Waals surface area contributed by atoms with E-state index in [-0.39, 0.29) is 11.8 Å². The van der Waals surface area contributed by atoms with Gasteiger partial charge in [0.05, 0.1) is 11.9 Å². The number of carbonyl (C=O) groups excluding carboxylic acids is 2. The lowest BCUT2D eigenvalue weighted by Gasteiger charge is -2.13. The van der Waals surface area contributed by atoms with Crippen LogP contribution in [0.15, 0.2) is 103 Å². The monoisotopic (exact) mass is 533 g/mol. The first-order valence-electron chi connectivity index (χ1n) is 13.1. The van der Waals surface area contributed by atoms with Gasteiger partial charge in [0.25, 0.3) is 5.91 Å². The van der Waals surface area contributed by atoms with E-state index in [9.17, 15) is 9.59 Å². The molecule has 2 aromatic heterocycles. The van der Waals surface area contributed by atoms with Gasteiger partial charge in [-0.15, -0.1) is 0 Å². The molecule has 0 fully saturated rings. The maximum absolute atomic E-state index is 12.7. The van der Waals surface area contributed by atoms with Gasteiger partial charge < -0.3 is 14.8 Å². The number of nitrogens with one attached hydrogen (secondary N) is 2. The smallest absolute Gasteiger partial charge is 0.271 e. The topological polar surface area (TPSA) is 96.5 Å². The molecule has 2 heterocycles. The molecule has 0 atom stereocenters. The van der Waals surface area contributed by atoms with Crippen LogP contribution in [0.3, 0.4) is 0 Å². The molecule has 202 valence electrons. The SMILES string of the molecule is CN(C)c1ccc(NC(=O)CCCn2ccc3cc(C(=O)N/N=C/c4cccc(-n5cccn5)c4)ccc32)cc1. The number of hydrogen-bond acceptors (Lipinski definition) is 5. The standard InChI is InChI=1S/C31H31N7O2/c1-36(2)27-12-10-26(11-13-27)34-30(39)8-4-17-37-19-15-24-21-25(9-14-29(24)37)31(40)35-32-22-23-6-3-7-28(20-23)38-18-5-16-33-38/h3,5-7,9-16,18-22H,4,8,17H2,1-2H3,(H,34,39)(H,35,40)/b32-22+. The molecule has 0 unspecified atom stereocenters. The van der Waals surface area contributed by atoms with Crippen LogP contribution >= 0.6 is 0 Å². The van der Waals surface area contributed by atoms with Gasteiger partial charge in [-0.2, -0.15) is 10.2 Å². The van der Waals surface area contributed by atoms with Crippen molar-refractivity contribution in [3.05, 3.63) is 109 Å². The predicted octanol–water partition coefficient (Wildman–Crippen LogP) is 5.08. The quantitative estimate of drug-likeness (QED) is 0.193. The Labute approximate surface area is 232 Å². The Morgan fingerprint density at radius 1 is 0.975 bits per heavy atom. The van der Waals surface area contributed by atoms with Crippen LogP contribution in [0.5, 0.6) is 0 Å². The van der Waals surface area contributed by atoms with E-state index in [4.69, 9.17) is 0 Å². The van der Waals surface area contributed by atoms with Crippen molar-refractivity contribution in [1.29, 1.82) is 0 Å². The van der Waals surface area contributed by atoms with Gasteiger partial charge in [0.15, 0.2) is 0 Å². The molecule has 9 heteroatoms. The third-order valence-electron chi connectivity index (χ3n) is 6.52. The van der Waals surface area contributed by atoms with Crippen molar-refractivity contribution in [2.75, 3.05) is 24.3 Å². The fourth-order valence-electron chi connectivity index (χ4n) is 4.41. The first kappa shape index (κ1) is 26.4. The van der Waals surface area contributed by atoms with Crippen LogP contribution in [0.1, 0.15) is 28.8 Å². The minimum absolute atomic E-state index is 0.0123. The number of amides is 2. The summed E-state index contributed by atoms with van der Waals surface area (Å²) in [4.78, 5) is 27.1. The molecule has 2 amide bonds. The third kappa shape index (κ3) is 6.44. The minimum Gasteiger partial charge on any atom is -0.378 e. The van der Waals surface area contributed by atoms with Crippen LogP contribution in [0.2, 0.25) is 0 Å². The first-order valence-corrected chi connectivity index (χ1v) is 13.1. The van der Waals surface area contributed by atoms with E-state index in [1.165, 1.54) is 0 Å². The Bertz CT molecular complexity index is 1630. The number of aryl methyl sites for hydroxylation is 1. The molecule has 9 nitrogen and oxygen atoms in total. The largest absolute Gasteiger partial charge is 0.378 e. The highest BCUT2D eigenvalue weighted by Crippen LogP contribution is 2.19. The number of anilines is 2. The average molecular weight is 534 g/mol. The highest BCUT2D eigenvalue weighted by atomic mass is 16.2. The van der Waals surface area contributed by atoms with Gasteiger partial charge in [-0.3, -0.25) is 9.59 Å². The fourth-order valence-corrected chi connectivity index (χ4v) is 4.41. The summed E-state index contributed by atoms with van der Waals surface area (Å²) in [7, 11) is 3.96. The summed E-state index contributed by atoms with van der Waals surface area (Å²) < 4.78 is 3.86. The summed E-state index contributed by atoms with van der Waals surface area (Å²) in [5, 5.41) is 12.3. The molecular weight excluding hydrogens is 502 g/mol. The molecule has 40 heavy (non-hydrogen) atoms. The number of carbonyl (C=O) groups is 2. The van der Waals surface area contributed by atoms with Crippen molar-refractivity contribution in [2.24, 2.45) is 5.10 Å². The third-order valence-corrected chi connectivity index (χ3v) is 6.52. The molecule has 2 N–H and O–H groups in total. The van der Waals surface area contributed by atoms with Gasteiger partial charge >= 0.3 is 0 Å². The van der Waals surface area contributed by atoms with Crippen molar-refractivity contribution in [3.63, 3.8) is 0 Å². The van der Waals surface area contributed by atoms with Crippen LogP contribution < -0.4 is 15.6 Å². The molecular formula is C31H31N7O2. The van der Waals surface area contributed by atoms with Gasteiger partial charge in [0.2, 0.25) is 5.91 Å². The number of hydrogen-bond donors (Lipinski definition) is 2.